The molecule has 0 atom stereocenters. The zero-order valence-corrected chi connectivity index (χ0v) is 7.61. The van der Waals surface area contributed by atoms with Crippen LogP contribution >= 0.6 is 0 Å². The molecular formula is C9H14N4. The lowest BCUT2D eigenvalue weighted by molar-refractivity contribution is 0.868. The number of aromatic nitrogens is 2. The van der Waals surface area contributed by atoms with E-state index in [1.54, 1.807) is 6.20 Å². The van der Waals surface area contributed by atoms with Crippen molar-refractivity contribution in [3.63, 3.8) is 0 Å². The summed E-state index contributed by atoms with van der Waals surface area (Å²) in [5.74, 6) is 0.834. The van der Waals surface area contributed by atoms with E-state index in [1.165, 1.54) is 12.8 Å². The van der Waals surface area contributed by atoms with Gasteiger partial charge in [0.2, 0.25) is 5.95 Å². The van der Waals surface area contributed by atoms with Crippen LogP contribution in [0.2, 0.25) is 0 Å². The van der Waals surface area contributed by atoms with E-state index in [1.807, 2.05) is 6.07 Å². The average molecular weight is 178 g/mol. The Bertz CT molecular complexity index is 281. The molecule has 1 aromatic rings. The largest absolute Gasteiger partial charge is 0.341 e. The number of nitrogens with two attached hydrogens (primary N) is 1. The lowest BCUT2D eigenvalue weighted by Gasteiger charge is -2.14. The summed E-state index contributed by atoms with van der Waals surface area (Å²) >= 11 is 0. The summed E-state index contributed by atoms with van der Waals surface area (Å²) in [7, 11) is 0. The molecule has 13 heavy (non-hydrogen) atoms. The Morgan fingerprint density at radius 1 is 1.38 bits per heavy atom. The minimum absolute atomic E-state index is 0.489. The molecule has 70 valence electrons. The minimum atomic E-state index is 0.489. The summed E-state index contributed by atoms with van der Waals surface area (Å²) in [5.41, 5.74) is 6.42. The maximum Gasteiger partial charge on any atom is 0.225 e. The van der Waals surface area contributed by atoms with Gasteiger partial charge in [0, 0.05) is 25.8 Å². The molecular weight excluding hydrogens is 164 g/mol. The van der Waals surface area contributed by atoms with Gasteiger partial charge in [0.1, 0.15) is 0 Å². The Morgan fingerprint density at radius 3 is 2.85 bits per heavy atom. The molecule has 2 rings (SSSR count). The van der Waals surface area contributed by atoms with Gasteiger partial charge in [-0.25, -0.2) is 9.97 Å². The first-order chi connectivity index (χ1) is 6.40. The quantitative estimate of drug-likeness (QED) is 0.718. The Labute approximate surface area is 77.8 Å². The predicted molar refractivity (Wildman–Crippen MR) is 51.4 cm³/mol. The standard InChI is InChI=1S/C9H14N4/c10-7-8-3-4-11-9(12-8)13-5-1-2-6-13/h3-4H,1-2,5-7,10H2. The van der Waals surface area contributed by atoms with Crippen molar-refractivity contribution in [2.75, 3.05) is 18.0 Å². The van der Waals surface area contributed by atoms with Gasteiger partial charge in [0.05, 0.1) is 5.69 Å². The second kappa shape index (κ2) is 3.70. The van der Waals surface area contributed by atoms with Crippen LogP contribution in [0.1, 0.15) is 18.5 Å². The van der Waals surface area contributed by atoms with Crippen molar-refractivity contribution in [1.82, 2.24) is 9.97 Å². The van der Waals surface area contributed by atoms with Crippen molar-refractivity contribution in [2.24, 2.45) is 5.73 Å². The Kier molecular flexibility index (Phi) is 2.40. The summed E-state index contributed by atoms with van der Waals surface area (Å²) in [6.07, 6.45) is 4.27. The first-order valence-corrected chi connectivity index (χ1v) is 4.67. The second-order valence-corrected chi connectivity index (χ2v) is 3.25. The molecule has 0 bridgehead atoms. The molecule has 0 radical (unpaired) electrons. The molecule has 0 unspecified atom stereocenters. The van der Waals surface area contributed by atoms with E-state index in [4.69, 9.17) is 5.73 Å². The van der Waals surface area contributed by atoms with Crippen molar-refractivity contribution in [3.05, 3.63) is 18.0 Å². The van der Waals surface area contributed by atoms with Crippen LogP contribution in [-0.4, -0.2) is 23.1 Å². The topological polar surface area (TPSA) is 55.0 Å². The molecule has 2 N–H and O–H groups in total. The van der Waals surface area contributed by atoms with Crippen molar-refractivity contribution in [3.8, 4) is 0 Å². The maximum atomic E-state index is 5.51. The van der Waals surface area contributed by atoms with E-state index in [2.05, 4.69) is 14.9 Å². The molecule has 1 aliphatic rings. The van der Waals surface area contributed by atoms with Gasteiger partial charge in [-0.05, 0) is 18.9 Å². The Hall–Kier alpha value is -1.16. The third-order valence-electron chi connectivity index (χ3n) is 2.30. The van der Waals surface area contributed by atoms with E-state index < -0.39 is 0 Å². The normalized spacial score (nSPS) is 16.5. The van der Waals surface area contributed by atoms with Crippen molar-refractivity contribution < 1.29 is 0 Å². The van der Waals surface area contributed by atoms with Gasteiger partial charge >= 0.3 is 0 Å². The summed E-state index contributed by atoms with van der Waals surface area (Å²) in [6.45, 7) is 2.64. The molecule has 4 heteroatoms. The fraction of sp³-hybridized carbons (Fsp3) is 0.556. The highest BCUT2D eigenvalue weighted by Gasteiger charge is 2.14. The summed E-state index contributed by atoms with van der Waals surface area (Å²) < 4.78 is 0. The average Bonchev–Trinajstić information content (AvgIpc) is 2.71. The van der Waals surface area contributed by atoms with Gasteiger partial charge < -0.3 is 10.6 Å². The Balaban J connectivity index is 2.18. The zero-order valence-electron chi connectivity index (χ0n) is 7.61. The van der Waals surface area contributed by atoms with E-state index in [0.29, 0.717) is 6.54 Å². The maximum absolute atomic E-state index is 5.51. The highest BCUT2D eigenvalue weighted by molar-refractivity contribution is 5.31. The van der Waals surface area contributed by atoms with Crippen LogP contribution in [0.25, 0.3) is 0 Å². The van der Waals surface area contributed by atoms with E-state index in [0.717, 1.165) is 24.7 Å². The van der Waals surface area contributed by atoms with Crippen molar-refractivity contribution in [2.45, 2.75) is 19.4 Å². The lowest BCUT2D eigenvalue weighted by Crippen LogP contribution is -2.21. The fourth-order valence-electron chi connectivity index (χ4n) is 1.57. The number of anilines is 1. The molecule has 1 fully saturated rings. The van der Waals surface area contributed by atoms with Crippen LogP contribution in [0, 0.1) is 0 Å². The first kappa shape index (κ1) is 8.44. The van der Waals surface area contributed by atoms with Crippen molar-refractivity contribution >= 4 is 5.95 Å². The SMILES string of the molecule is NCc1ccnc(N2CCCC2)n1. The van der Waals surface area contributed by atoms with Gasteiger partial charge in [-0.3, -0.25) is 0 Å². The number of hydrogen-bond donors (Lipinski definition) is 1. The monoisotopic (exact) mass is 178 g/mol. The highest BCUT2D eigenvalue weighted by Crippen LogP contribution is 2.14. The fourth-order valence-corrected chi connectivity index (χ4v) is 1.57. The van der Waals surface area contributed by atoms with Gasteiger partial charge in [0.15, 0.2) is 0 Å². The van der Waals surface area contributed by atoms with Crippen LogP contribution in [0.15, 0.2) is 12.3 Å². The van der Waals surface area contributed by atoms with Crippen LogP contribution in [0.5, 0.6) is 0 Å². The van der Waals surface area contributed by atoms with E-state index in [-0.39, 0.29) is 0 Å². The van der Waals surface area contributed by atoms with E-state index >= 15 is 0 Å². The van der Waals surface area contributed by atoms with Crippen LogP contribution in [0.3, 0.4) is 0 Å². The third kappa shape index (κ3) is 1.78. The molecule has 0 aliphatic carbocycles. The number of nitrogens with zero attached hydrogens (tertiary/aromatic N) is 3. The summed E-state index contributed by atoms with van der Waals surface area (Å²) in [4.78, 5) is 10.8. The molecule has 1 aliphatic heterocycles. The highest BCUT2D eigenvalue weighted by atomic mass is 15.3. The van der Waals surface area contributed by atoms with Crippen LogP contribution < -0.4 is 10.6 Å². The second-order valence-electron chi connectivity index (χ2n) is 3.25. The molecule has 0 spiro atoms. The number of rotatable bonds is 2. The minimum Gasteiger partial charge on any atom is -0.341 e. The zero-order chi connectivity index (χ0) is 9.10. The van der Waals surface area contributed by atoms with Gasteiger partial charge in [-0.2, -0.15) is 0 Å². The van der Waals surface area contributed by atoms with Gasteiger partial charge in [0.25, 0.3) is 0 Å². The molecule has 0 amide bonds. The van der Waals surface area contributed by atoms with Gasteiger partial charge in [-0.1, -0.05) is 0 Å². The van der Waals surface area contributed by atoms with Crippen molar-refractivity contribution in [1.29, 1.82) is 0 Å². The van der Waals surface area contributed by atoms with Crippen LogP contribution in [-0.2, 0) is 6.54 Å². The smallest absolute Gasteiger partial charge is 0.225 e. The van der Waals surface area contributed by atoms with E-state index in [9.17, 15) is 0 Å². The molecule has 4 nitrogen and oxygen atoms in total. The molecule has 0 aromatic carbocycles. The lowest BCUT2D eigenvalue weighted by atomic mass is 10.4. The molecule has 1 aromatic heterocycles. The Morgan fingerprint density at radius 2 is 2.15 bits per heavy atom. The number of hydrogen-bond acceptors (Lipinski definition) is 4. The van der Waals surface area contributed by atoms with Gasteiger partial charge in [-0.15, -0.1) is 0 Å². The molecule has 1 saturated heterocycles. The molecule has 0 saturated carbocycles. The predicted octanol–water partition coefficient (Wildman–Crippen LogP) is 0.535. The first-order valence-electron chi connectivity index (χ1n) is 4.67. The summed E-state index contributed by atoms with van der Waals surface area (Å²) in [6, 6.07) is 1.86. The summed E-state index contributed by atoms with van der Waals surface area (Å²) in [5, 5.41) is 0. The third-order valence-corrected chi connectivity index (χ3v) is 2.30. The molecule has 2 heterocycles. The van der Waals surface area contributed by atoms with Crippen LogP contribution in [0.4, 0.5) is 5.95 Å².